The Bertz CT molecular complexity index is 793. The number of nitrogens with zero attached hydrogens (tertiary/aromatic N) is 2. The van der Waals surface area contributed by atoms with Crippen LogP contribution in [0.4, 0.5) is 0 Å². The van der Waals surface area contributed by atoms with Gasteiger partial charge < -0.3 is 19.5 Å². The topological polar surface area (TPSA) is 62.2 Å². The lowest BCUT2D eigenvalue weighted by atomic mass is 10.1. The molecule has 150 valence electrons. The molecule has 1 fully saturated rings. The number of methoxy groups -OCH3 is 1. The first-order chi connectivity index (χ1) is 13.6. The minimum Gasteiger partial charge on any atom is -0.497 e. The van der Waals surface area contributed by atoms with Crippen LogP contribution in [0.2, 0.25) is 5.02 Å². The molecular formula is C21H25ClN2O4. The summed E-state index contributed by atoms with van der Waals surface area (Å²) in [6.07, 6.45) is -0.628. The number of halogens is 1. The summed E-state index contributed by atoms with van der Waals surface area (Å²) in [4.78, 5) is 16.6. The molecule has 1 saturated heterocycles. The molecule has 0 radical (unpaired) electrons. The van der Waals surface area contributed by atoms with Gasteiger partial charge in [0.15, 0.2) is 0 Å². The van der Waals surface area contributed by atoms with Crippen molar-refractivity contribution in [3.63, 3.8) is 0 Å². The minimum atomic E-state index is -0.628. The molecular weight excluding hydrogens is 380 g/mol. The maximum Gasteiger partial charge on any atom is 0.254 e. The standard InChI is InChI=1S/C21H25ClN2O4/c1-27-18-6-4-5-16(13-18)21(26)24-11-9-23(10-12-24)14-17(25)15-28-20-8-3-2-7-19(20)22/h2-8,13,17,25H,9-12,14-15H2,1H3. The highest BCUT2D eigenvalue weighted by Crippen LogP contribution is 2.23. The average Bonchev–Trinajstić information content (AvgIpc) is 2.73. The molecule has 1 N–H and O–H groups in total. The highest BCUT2D eigenvalue weighted by Gasteiger charge is 2.23. The van der Waals surface area contributed by atoms with Crippen molar-refractivity contribution in [2.45, 2.75) is 6.10 Å². The Morgan fingerprint density at radius 2 is 1.89 bits per heavy atom. The van der Waals surface area contributed by atoms with Crippen molar-refractivity contribution in [2.75, 3.05) is 46.4 Å². The van der Waals surface area contributed by atoms with E-state index in [4.69, 9.17) is 21.1 Å². The van der Waals surface area contributed by atoms with E-state index in [2.05, 4.69) is 4.90 Å². The Labute approximate surface area is 170 Å². The van der Waals surface area contributed by atoms with Gasteiger partial charge in [-0.3, -0.25) is 9.69 Å². The third kappa shape index (κ3) is 5.38. The van der Waals surface area contributed by atoms with Gasteiger partial charge in [0.05, 0.1) is 12.1 Å². The number of amides is 1. The van der Waals surface area contributed by atoms with Gasteiger partial charge in [0, 0.05) is 38.3 Å². The molecule has 3 rings (SSSR count). The van der Waals surface area contributed by atoms with Gasteiger partial charge in [-0.05, 0) is 30.3 Å². The van der Waals surface area contributed by atoms with Gasteiger partial charge in [0.1, 0.15) is 24.2 Å². The third-order valence-electron chi connectivity index (χ3n) is 4.71. The van der Waals surface area contributed by atoms with E-state index < -0.39 is 6.10 Å². The molecule has 28 heavy (non-hydrogen) atoms. The molecule has 1 aliphatic heterocycles. The molecule has 1 heterocycles. The van der Waals surface area contributed by atoms with E-state index >= 15 is 0 Å². The first-order valence-corrected chi connectivity index (χ1v) is 9.65. The van der Waals surface area contributed by atoms with E-state index in [0.717, 1.165) is 0 Å². The summed E-state index contributed by atoms with van der Waals surface area (Å²) in [5.41, 5.74) is 0.626. The predicted molar refractivity (Wildman–Crippen MR) is 108 cm³/mol. The van der Waals surface area contributed by atoms with Gasteiger partial charge in [0.25, 0.3) is 5.91 Å². The molecule has 0 saturated carbocycles. The molecule has 1 aliphatic rings. The zero-order valence-corrected chi connectivity index (χ0v) is 16.6. The van der Waals surface area contributed by atoms with Gasteiger partial charge in [0.2, 0.25) is 0 Å². The van der Waals surface area contributed by atoms with Crippen LogP contribution in [0.1, 0.15) is 10.4 Å². The number of aliphatic hydroxyl groups excluding tert-OH is 1. The second-order valence-corrected chi connectivity index (χ2v) is 7.13. The van der Waals surface area contributed by atoms with Crippen molar-refractivity contribution < 1.29 is 19.4 Å². The maximum absolute atomic E-state index is 12.7. The van der Waals surface area contributed by atoms with Crippen molar-refractivity contribution in [3.8, 4) is 11.5 Å². The number of β-amino-alcohol motifs (C(OH)–C–C–N with tert-alkyl or cyclic N) is 1. The van der Waals surface area contributed by atoms with Gasteiger partial charge in [-0.15, -0.1) is 0 Å². The number of hydrogen-bond acceptors (Lipinski definition) is 5. The summed E-state index contributed by atoms with van der Waals surface area (Å²) in [6.45, 7) is 3.32. The van der Waals surface area contributed by atoms with Crippen LogP contribution >= 0.6 is 11.6 Å². The molecule has 2 aromatic rings. The number of benzene rings is 2. The second-order valence-electron chi connectivity index (χ2n) is 6.72. The predicted octanol–water partition coefficient (Wildman–Crippen LogP) is 2.55. The van der Waals surface area contributed by atoms with Crippen LogP contribution in [0.15, 0.2) is 48.5 Å². The molecule has 1 amide bonds. The van der Waals surface area contributed by atoms with E-state index in [1.807, 2.05) is 29.2 Å². The molecule has 0 bridgehead atoms. The molecule has 0 aliphatic carbocycles. The molecule has 1 unspecified atom stereocenters. The largest absolute Gasteiger partial charge is 0.497 e. The first kappa shape index (κ1) is 20.5. The van der Waals surface area contributed by atoms with Gasteiger partial charge in [-0.1, -0.05) is 29.8 Å². The van der Waals surface area contributed by atoms with Gasteiger partial charge in [-0.25, -0.2) is 0 Å². The van der Waals surface area contributed by atoms with Crippen molar-refractivity contribution in [1.29, 1.82) is 0 Å². The number of para-hydroxylation sites is 1. The van der Waals surface area contributed by atoms with Crippen LogP contribution in [-0.4, -0.2) is 73.4 Å². The van der Waals surface area contributed by atoms with Crippen LogP contribution in [0.5, 0.6) is 11.5 Å². The van der Waals surface area contributed by atoms with E-state index in [9.17, 15) is 9.90 Å². The lowest BCUT2D eigenvalue weighted by Crippen LogP contribution is -2.51. The lowest BCUT2D eigenvalue weighted by Gasteiger charge is -2.35. The third-order valence-corrected chi connectivity index (χ3v) is 5.03. The molecule has 7 heteroatoms. The SMILES string of the molecule is COc1cccc(C(=O)N2CCN(CC(O)COc3ccccc3Cl)CC2)c1. The fourth-order valence-electron chi connectivity index (χ4n) is 3.17. The van der Waals surface area contributed by atoms with Gasteiger partial charge >= 0.3 is 0 Å². The van der Waals surface area contributed by atoms with Crippen LogP contribution in [0, 0.1) is 0 Å². The Morgan fingerprint density at radius 1 is 1.14 bits per heavy atom. The number of aliphatic hydroxyl groups is 1. The number of piperazine rings is 1. The summed E-state index contributed by atoms with van der Waals surface area (Å²) in [5, 5.41) is 10.8. The number of rotatable bonds is 7. The lowest BCUT2D eigenvalue weighted by molar-refractivity contribution is 0.0403. The fourth-order valence-corrected chi connectivity index (χ4v) is 3.36. The highest BCUT2D eigenvalue weighted by molar-refractivity contribution is 6.32. The Kier molecular flexibility index (Phi) is 7.14. The molecule has 0 aromatic heterocycles. The first-order valence-electron chi connectivity index (χ1n) is 9.28. The zero-order chi connectivity index (χ0) is 19.9. The quantitative estimate of drug-likeness (QED) is 0.768. The van der Waals surface area contributed by atoms with Crippen LogP contribution in [-0.2, 0) is 0 Å². The van der Waals surface area contributed by atoms with E-state index in [-0.39, 0.29) is 12.5 Å². The summed E-state index contributed by atoms with van der Waals surface area (Å²) in [5.74, 6) is 1.24. The average molecular weight is 405 g/mol. The van der Waals surface area contributed by atoms with E-state index in [1.165, 1.54) is 0 Å². The Balaban J connectivity index is 1.44. The van der Waals surface area contributed by atoms with Crippen LogP contribution in [0.3, 0.4) is 0 Å². The van der Waals surface area contributed by atoms with Crippen LogP contribution in [0.25, 0.3) is 0 Å². The van der Waals surface area contributed by atoms with Crippen molar-refractivity contribution in [2.24, 2.45) is 0 Å². The summed E-state index contributed by atoms with van der Waals surface area (Å²) < 4.78 is 10.8. The van der Waals surface area contributed by atoms with E-state index in [0.29, 0.717) is 54.8 Å². The molecule has 6 nitrogen and oxygen atoms in total. The van der Waals surface area contributed by atoms with Crippen molar-refractivity contribution >= 4 is 17.5 Å². The normalized spacial score (nSPS) is 15.9. The zero-order valence-electron chi connectivity index (χ0n) is 15.9. The smallest absolute Gasteiger partial charge is 0.254 e. The molecule has 0 spiro atoms. The summed E-state index contributed by atoms with van der Waals surface area (Å²) in [7, 11) is 1.59. The molecule has 1 atom stereocenters. The highest BCUT2D eigenvalue weighted by atomic mass is 35.5. The van der Waals surface area contributed by atoms with Gasteiger partial charge in [-0.2, -0.15) is 0 Å². The Hall–Kier alpha value is -2.28. The second kappa shape index (κ2) is 9.78. The summed E-state index contributed by atoms with van der Waals surface area (Å²) in [6, 6.07) is 14.4. The van der Waals surface area contributed by atoms with Crippen molar-refractivity contribution in [1.82, 2.24) is 9.80 Å². The minimum absolute atomic E-state index is 0.00107. The fraction of sp³-hybridized carbons (Fsp3) is 0.381. The number of carbonyl (C=O) groups excluding carboxylic acids is 1. The number of carbonyl (C=O) groups is 1. The monoisotopic (exact) mass is 404 g/mol. The summed E-state index contributed by atoms with van der Waals surface area (Å²) >= 11 is 6.05. The van der Waals surface area contributed by atoms with Crippen LogP contribution < -0.4 is 9.47 Å². The van der Waals surface area contributed by atoms with Crippen molar-refractivity contribution in [3.05, 3.63) is 59.1 Å². The number of hydrogen-bond donors (Lipinski definition) is 1. The van der Waals surface area contributed by atoms with E-state index in [1.54, 1.807) is 31.4 Å². The number of ether oxygens (including phenoxy) is 2. The maximum atomic E-state index is 12.7. The molecule has 2 aromatic carbocycles. The Morgan fingerprint density at radius 3 is 2.61 bits per heavy atom.